The number of alkyl halides is 3. The van der Waals surface area contributed by atoms with Crippen molar-refractivity contribution < 1.29 is 64.9 Å². The van der Waals surface area contributed by atoms with Gasteiger partial charge >= 0.3 is 20.9 Å². The molecule has 0 spiro atoms. The van der Waals surface area contributed by atoms with Gasteiger partial charge in [-0.05, 0) is 17.9 Å². The summed E-state index contributed by atoms with van der Waals surface area (Å²) < 4.78 is 93.3. The summed E-state index contributed by atoms with van der Waals surface area (Å²) in [6.45, 7) is -6.70. The van der Waals surface area contributed by atoms with Gasteiger partial charge in [0.25, 0.3) is 5.56 Å². The van der Waals surface area contributed by atoms with E-state index in [-0.39, 0.29) is 22.6 Å². The predicted molar refractivity (Wildman–Crippen MR) is 157 cm³/mol. The van der Waals surface area contributed by atoms with Gasteiger partial charge in [0.1, 0.15) is 49.0 Å². The molecule has 3 aliphatic heterocycles. The molecule has 7 rings (SSSR count). The Bertz CT molecular complexity index is 2150. The molecule has 27 heteroatoms. The van der Waals surface area contributed by atoms with Gasteiger partial charge in [-0.15, -0.1) is 13.2 Å². The van der Waals surface area contributed by atoms with Crippen LogP contribution < -0.4 is 17.0 Å². The topological polar surface area (TPSA) is 289 Å². The maximum absolute atomic E-state index is 13.7. The van der Waals surface area contributed by atoms with Crippen molar-refractivity contribution >= 4 is 60.3 Å². The first-order chi connectivity index (χ1) is 23.0. The number of halogens is 3. The van der Waals surface area contributed by atoms with Gasteiger partial charge in [-0.25, -0.2) is 19.5 Å². The average molecular weight is 755 g/mol. The lowest BCUT2D eigenvalue weighted by Gasteiger charge is -2.28. The number of anilines is 2. The van der Waals surface area contributed by atoms with Crippen LogP contribution in [-0.4, -0.2) is 92.9 Å². The zero-order valence-electron chi connectivity index (χ0n) is 24.0. The van der Waals surface area contributed by atoms with E-state index < -0.39 is 94.0 Å². The number of phosphoric acid groups is 1. The minimum absolute atomic E-state index is 0.109. The van der Waals surface area contributed by atoms with Crippen LogP contribution in [0.15, 0.2) is 41.2 Å². The van der Waals surface area contributed by atoms with Gasteiger partial charge in [-0.1, -0.05) is 0 Å². The number of nitrogen functional groups attached to an aromatic ring is 2. The standard InChI is InChI=1S/C22H22F3N9O12P2S/c23-22(24,25)44-13-9-3-40-47(37,38)45-12-8(42-19(11(12)35)33-2-1-7-15(26)28-5-29-16(7)33)4-41-48(39,49)46-14(13)20(43-9)34-6-30-10-17(34)31-21(27)32-18(10)36/h1-2,5-6,8,11-12,14,19-20,35H,3-4H2,(H,37,38)(H,39,49)(H2,26,28,29)(H3,27,31,32,36)/t8-,11?,12?,14?,19-,20-,48?/m1/s1. The molecule has 1 fully saturated rings. The molecule has 1 saturated heterocycles. The number of nitrogens with two attached hydrogens (primary N) is 2. The molecule has 49 heavy (non-hydrogen) atoms. The number of aliphatic hydroxyl groups is 1. The quantitative estimate of drug-likeness (QED) is 0.154. The summed E-state index contributed by atoms with van der Waals surface area (Å²) in [5.74, 6) is -2.38. The second kappa shape index (κ2) is 11.9. The molecule has 0 aliphatic carbocycles. The van der Waals surface area contributed by atoms with Crippen molar-refractivity contribution in [2.45, 2.75) is 43.2 Å². The number of phosphoric ester groups is 1. The second-order valence-electron chi connectivity index (χ2n) is 10.5. The minimum Gasteiger partial charge on any atom is -0.465 e. The Morgan fingerprint density at radius 2 is 1.88 bits per heavy atom. The van der Waals surface area contributed by atoms with Crippen LogP contribution >= 0.6 is 14.5 Å². The highest BCUT2D eigenvalue weighted by molar-refractivity contribution is 8.07. The fourth-order valence-corrected chi connectivity index (χ4v) is 7.66. The van der Waals surface area contributed by atoms with Crippen molar-refractivity contribution in [1.82, 2.24) is 34.1 Å². The number of aliphatic hydroxyl groups excluding tert-OH is 1. The number of ether oxygens (including phenoxy) is 3. The van der Waals surface area contributed by atoms with Crippen molar-refractivity contribution in [1.29, 1.82) is 0 Å². The molecule has 2 bridgehead atoms. The molecule has 8 N–H and O–H groups in total. The number of hydrogen-bond donors (Lipinski definition) is 6. The number of nitrogens with one attached hydrogen (secondary N) is 1. The van der Waals surface area contributed by atoms with Gasteiger partial charge in [0.15, 0.2) is 35.0 Å². The molecule has 21 nitrogen and oxygen atoms in total. The lowest BCUT2D eigenvalue weighted by Crippen LogP contribution is -2.36. The smallest absolute Gasteiger partial charge is 0.465 e. The van der Waals surface area contributed by atoms with E-state index in [0.29, 0.717) is 5.39 Å². The zero-order chi connectivity index (χ0) is 35.0. The van der Waals surface area contributed by atoms with E-state index in [4.69, 9.17) is 50.8 Å². The lowest BCUT2D eigenvalue weighted by atomic mass is 10.1. The molecular weight excluding hydrogens is 733 g/mol. The van der Waals surface area contributed by atoms with Crippen LogP contribution in [-0.2, 0) is 48.7 Å². The van der Waals surface area contributed by atoms with E-state index >= 15 is 0 Å². The third-order valence-corrected chi connectivity index (χ3v) is 9.90. The summed E-state index contributed by atoms with van der Waals surface area (Å²) in [5, 5.41) is 11.6. The largest absolute Gasteiger partial charge is 0.572 e. The molecule has 4 aromatic heterocycles. The summed E-state index contributed by atoms with van der Waals surface area (Å²) in [7, 11) is -5.31. The SMILES string of the molecule is Nc1nc2c(ncn2[C@@H]2OC3=C(OC(F)(F)F)C2OP(O)(=S)OC[C@H]2O[C@@H](n4ccc5c(N)ncnc54)C(O)C2OP(=O)(O)OC3)c(=O)[nH]1. The first-order valence-electron chi connectivity index (χ1n) is 13.6. The summed E-state index contributed by atoms with van der Waals surface area (Å²) >= 11 is 5.12. The number of imidazole rings is 1. The molecule has 0 aromatic carbocycles. The van der Waals surface area contributed by atoms with Crippen molar-refractivity contribution in [3.05, 3.63) is 46.8 Å². The van der Waals surface area contributed by atoms with Crippen LogP contribution in [0.2, 0.25) is 0 Å². The summed E-state index contributed by atoms with van der Waals surface area (Å²) in [4.78, 5) is 52.2. The van der Waals surface area contributed by atoms with Gasteiger partial charge in [0.2, 0.25) is 12.2 Å². The number of aromatic amines is 1. The first kappa shape index (κ1) is 33.7. The highest BCUT2D eigenvalue weighted by Crippen LogP contribution is 2.55. The van der Waals surface area contributed by atoms with E-state index in [2.05, 4.69) is 29.7 Å². The minimum atomic E-state index is -5.41. The second-order valence-corrected chi connectivity index (χ2v) is 14.7. The van der Waals surface area contributed by atoms with Gasteiger partial charge in [0, 0.05) is 6.20 Å². The third-order valence-electron chi connectivity index (χ3n) is 7.39. The highest BCUT2D eigenvalue weighted by atomic mass is 32.5. The monoisotopic (exact) mass is 755 g/mol. The summed E-state index contributed by atoms with van der Waals surface area (Å²) in [6, 6.07) is 1.53. The van der Waals surface area contributed by atoms with Crippen LogP contribution in [0.3, 0.4) is 0 Å². The molecule has 0 radical (unpaired) electrons. The van der Waals surface area contributed by atoms with Gasteiger partial charge in [-0.3, -0.25) is 27.9 Å². The van der Waals surface area contributed by atoms with Crippen LogP contribution in [0.4, 0.5) is 24.9 Å². The van der Waals surface area contributed by atoms with E-state index in [1.807, 2.05) is 0 Å². The Balaban J connectivity index is 1.26. The molecule has 0 saturated carbocycles. The molecule has 7 heterocycles. The van der Waals surface area contributed by atoms with Gasteiger partial charge in [-0.2, -0.15) is 4.98 Å². The van der Waals surface area contributed by atoms with Crippen LogP contribution in [0.5, 0.6) is 0 Å². The molecular formula is C22H22F3N9O12P2S. The van der Waals surface area contributed by atoms with Gasteiger partial charge < -0.3 is 49.7 Å². The fourth-order valence-electron chi connectivity index (χ4n) is 5.41. The van der Waals surface area contributed by atoms with Crippen LogP contribution in [0, 0.1) is 0 Å². The van der Waals surface area contributed by atoms with E-state index in [0.717, 1.165) is 17.2 Å². The maximum Gasteiger partial charge on any atom is 0.572 e. The average Bonchev–Trinajstić information content (AvgIpc) is 3.76. The van der Waals surface area contributed by atoms with E-state index in [1.165, 1.54) is 16.8 Å². The molecule has 0 amide bonds. The Hall–Kier alpha value is -3.74. The fraction of sp³-hybridized carbons (Fsp3) is 0.409. The number of fused-ring (bicyclic) bond motifs is 4. The molecule has 8 atom stereocenters. The zero-order valence-corrected chi connectivity index (χ0v) is 26.6. The van der Waals surface area contributed by atoms with Crippen molar-refractivity contribution in [2.75, 3.05) is 24.7 Å². The normalized spacial score (nSPS) is 32.8. The number of rotatable bonds is 3. The Kier molecular flexibility index (Phi) is 8.23. The summed E-state index contributed by atoms with van der Waals surface area (Å²) in [6.07, 6.45) is -12.1. The number of H-pyrrole nitrogens is 1. The lowest BCUT2D eigenvalue weighted by molar-refractivity contribution is -0.310. The molecule has 5 unspecified atom stereocenters. The van der Waals surface area contributed by atoms with Crippen molar-refractivity contribution in [2.24, 2.45) is 0 Å². The van der Waals surface area contributed by atoms with Crippen molar-refractivity contribution in [3.8, 4) is 0 Å². The Morgan fingerprint density at radius 1 is 1.10 bits per heavy atom. The Labute approximate surface area is 274 Å². The number of nitrogens with zero attached hydrogens (tertiary/aromatic N) is 6. The molecule has 4 aromatic rings. The molecule has 3 aliphatic rings. The summed E-state index contributed by atoms with van der Waals surface area (Å²) in [5.41, 5.74) is 10.3. The van der Waals surface area contributed by atoms with Crippen LogP contribution in [0.25, 0.3) is 22.2 Å². The Morgan fingerprint density at radius 3 is 2.63 bits per heavy atom. The van der Waals surface area contributed by atoms with Crippen LogP contribution in [0.1, 0.15) is 12.5 Å². The number of aromatic nitrogens is 7. The predicted octanol–water partition coefficient (Wildman–Crippen LogP) is 0.398. The first-order valence-corrected chi connectivity index (χ1v) is 17.7. The maximum atomic E-state index is 13.7. The molecule has 264 valence electrons. The third kappa shape index (κ3) is 6.39. The van der Waals surface area contributed by atoms with E-state index in [9.17, 15) is 37.4 Å². The van der Waals surface area contributed by atoms with Crippen molar-refractivity contribution in [3.63, 3.8) is 0 Å². The van der Waals surface area contributed by atoms with E-state index in [1.54, 1.807) is 0 Å². The highest BCUT2D eigenvalue weighted by Gasteiger charge is 2.53. The number of hydrogen-bond acceptors (Lipinski definition) is 17. The van der Waals surface area contributed by atoms with Gasteiger partial charge in [0.05, 0.1) is 12.0 Å².